The smallest absolute Gasteiger partial charge is 0.140 e. The minimum atomic E-state index is -0.917. The SMILES string of the molecule is CC(C)(CN1CCOCC1)OC(N1CCOCC1)C(C)(C)O. The highest BCUT2D eigenvalue weighted by Crippen LogP contribution is 2.25. The highest BCUT2D eigenvalue weighted by molar-refractivity contribution is 4.85. The summed E-state index contributed by atoms with van der Waals surface area (Å²) in [5, 5.41) is 10.6. The van der Waals surface area contributed by atoms with E-state index in [2.05, 4.69) is 23.6 Å². The second kappa shape index (κ2) is 7.55. The molecule has 2 heterocycles. The Kier molecular flexibility index (Phi) is 6.22. The monoisotopic (exact) mass is 316 g/mol. The maximum absolute atomic E-state index is 10.6. The average molecular weight is 316 g/mol. The molecular weight excluding hydrogens is 284 g/mol. The third-order valence-corrected chi connectivity index (χ3v) is 4.12. The Hall–Kier alpha value is -0.240. The molecule has 0 aromatic rings. The van der Waals surface area contributed by atoms with Crippen LogP contribution in [0.2, 0.25) is 0 Å². The van der Waals surface area contributed by atoms with Crippen molar-refractivity contribution in [3.63, 3.8) is 0 Å². The quantitative estimate of drug-likeness (QED) is 0.772. The van der Waals surface area contributed by atoms with Crippen LogP contribution in [0.3, 0.4) is 0 Å². The molecule has 0 amide bonds. The van der Waals surface area contributed by atoms with E-state index in [1.54, 1.807) is 0 Å². The maximum Gasteiger partial charge on any atom is 0.140 e. The summed E-state index contributed by atoms with van der Waals surface area (Å²) in [5.41, 5.74) is -1.25. The summed E-state index contributed by atoms with van der Waals surface area (Å²) in [7, 11) is 0. The lowest BCUT2D eigenvalue weighted by Gasteiger charge is -2.45. The summed E-state index contributed by atoms with van der Waals surface area (Å²) >= 11 is 0. The predicted octanol–water partition coefficient (Wildman–Crippen LogP) is 0.543. The molecule has 0 radical (unpaired) electrons. The van der Waals surface area contributed by atoms with Crippen LogP contribution in [0, 0.1) is 0 Å². The van der Waals surface area contributed by atoms with E-state index in [4.69, 9.17) is 14.2 Å². The predicted molar refractivity (Wildman–Crippen MR) is 84.9 cm³/mol. The molecule has 1 atom stereocenters. The Morgan fingerprint density at radius 2 is 1.45 bits per heavy atom. The van der Waals surface area contributed by atoms with Gasteiger partial charge in [-0.2, -0.15) is 0 Å². The van der Waals surface area contributed by atoms with Crippen LogP contribution in [0.4, 0.5) is 0 Å². The van der Waals surface area contributed by atoms with E-state index in [1.165, 1.54) is 0 Å². The van der Waals surface area contributed by atoms with E-state index in [0.29, 0.717) is 13.2 Å². The van der Waals surface area contributed by atoms with E-state index in [0.717, 1.165) is 45.9 Å². The van der Waals surface area contributed by atoms with E-state index >= 15 is 0 Å². The van der Waals surface area contributed by atoms with E-state index in [-0.39, 0.29) is 11.8 Å². The summed E-state index contributed by atoms with van der Waals surface area (Å²) in [6.07, 6.45) is -0.326. The zero-order valence-corrected chi connectivity index (χ0v) is 14.5. The van der Waals surface area contributed by atoms with Crippen LogP contribution in [0.25, 0.3) is 0 Å². The van der Waals surface area contributed by atoms with Gasteiger partial charge in [-0.25, -0.2) is 0 Å². The van der Waals surface area contributed by atoms with Crippen LogP contribution in [0.1, 0.15) is 27.7 Å². The Morgan fingerprint density at radius 3 is 1.95 bits per heavy atom. The maximum atomic E-state index is 10.6. The van der Waals surface area contributed by atoms with Crippen molar-refractivity contribution in [2.45, 2.75) is 45.1 Å². The molecular formula is C16H32N2O4. The van der Waals surface area contributed by atoms with Gasteiger partial charge in [0, 0.05) is 32.7 Å². The Balaban J connectivity index is 1.97. The van der Waals surface area contributed by atoms with Crippen LogP contribution in [0.5, 0.6) is 0 Å². The van der Waals surface area contributed by atoms with Crippen molar-refractivity contribution >= 4 is 0 Å². The Labute approximate surface area is 134 Å². The molecule has 0 aliphatic carbocycles. The Morgan fingerprint density at radius 1 is 0.955 bits per heavy atom. The Bertz CT molecular complexity index is 332. The van der Waals surface area contributed by atoms with Crippen LogP contribution in [0.15, 0.2) is 0 Å². The normalized spacial score (nSPS) is 24.4. The topological polar surface area (TPSA) is 54.4 Å². The largest absolute Gasteiger partial charge is 0.386 e. The van der Waals surface area contributed by atoms with Crippen LogP contribution < -0.4 is 0 Å². The lowest BCUT2D eigenvalue weighted by atomic mass is 10.0. The van der Waals surface area contributed by atoms with Crippen molar-refractivity contribution in [2.24, 2.45) is 0 Å². The summed E-state index contributed by atoms with van der Waals surface area (Å²) in [5.74, 6) is 0. The number of hydrogen-bond donors (Lipinski definition) is 1. The van der Waals surface area contributed by atoms with Gasteiger partial charge in [-0.15, -0.1) is 0 Å². The molecule has 6 nitrogen and oxygen atoms in total. The van der Waals surface area contributed by atoms with Gasteiger partial charge in [0.05, 0.1) is 37.6 Å². The minimum absolute atomic E-state index is 0.326. The highest BCUT2D eigenvalue weighted by Gasteiger charge is 2.39. The number of rotatable bonds is 6. The molecule has 130 valence electrons. The van der Waals surface area contributed by atoms with Gasteiger partial charge in [0.1, 0.15) is 6.23 Å². The van der Waals surface area contributed by atoms with Gasteiger partial charge in [0.2, 0.25) is 0 Å². The third kappa shape index (κ3) is 5.44. The molecule has 1 unspecified atom stereocenters. The summed E-state index contributed by atoms with van der Waals surface area (Å²) < 4.78 is 17.2. The lowest BCUT2D eigenvalue weighted by molar-refractivity contribution is -0.227. The van der Waals surface area contributed by atoms with Crippen molar-refractivity contribution < 1.29 is 19.3 Å². The highest BCUT2D eigenvalue weighted by atomic mass is 16.5. The first-order valence-corrected chi connectivity index (χ1v) is 8.30. The number of morpholine rings is 2. The minimum Gasteiger partial charge on any atom is -0.386 e. The molecule has 0 aromatic heterocycles. The summed E-state index contributed by atoms with van der Waals surface area (Å²) in [6, 6.07) is 0. The first-order valence-electron chi connectivity index (χ1n) is 8.30. The second-order valence-corrected chi connectivity index (χ2v) is 7.42. The first-order chi connectivity index (χ1) is 10.3. The van der Waals surface area contributed by atoms with Gasteiger partial charge in [-0.05, 0) is 27.7 Å². The van der Waals surface area contributed by atoms with Crippen LogP contribution in [-0.4, -0.2) is 91.5 Å². The fourth-order valence-electron chi connectivity index (χ4n) is 3.11. The van der Waals surface area contributed by atoms with E-state index in [9.17, 15) is 5.11 Å². The van der Waals surface area contributed by atoms with Gasteiger partial charge in [0.15, 0.2) is 0 Å². The molecule has 2 aliphatic heterocycles. The number of aliphatic hydroxyl groups is 1. The zero-order chi connectivity index (χ0) is 16.2. The first kappa shape index (κ1) is 18.1. The fraction of sp³-hybridized carbons (Fsp3) is 1.00. The van der Waals surface area contributed by atoms with Crippen LogP contribution in [-0.2, 0) is 14.2 Å². The van der Waals surface area contributed by atoms with Gasteiger partial charge in [-0.1, -0.05) is 0 Å². The lowest BCUT2D eigenvalue weighted by Crippen LogP contribution is -2.58. The molecule has 0 bridgehead atoms. The molecule has 2 aliphatic rings. The molecule has 2 saturated heterocycles. The number of nitrogens with zero attached hydrogens (tertiary/aromatic N) is 2. The summed E-state index contributed by atoms with van der Waals surface area (Å²) in [6.45, 7) is 15.1. The molecule has 0 saturated carbocycles. The zero-order valence-electron chi connectivity index (χ0n) is 14.5. The summed E-state index contributed by atoms with van der Waals surface area (Å²) in [4.78, 5) is 4.55. The molecule has 0 spiro atoms. The van der Waals surface area contributed by atoms with Gasteiger partial charge >= 0.3 is 0 Å². The van der Waals surface area contributed by atoms with Gasteiger partial charge in [-0.3, -0.25) is 9.80 Å². The average Bonchev–Trinajstić information content (AvgIpc) is 2.45. The van der Waals surface area contributed by atoms with Crippen molar-refractivity contribution in [3.8, 4) is 0 Å². The van der Waals surface area contributed by atoms with E-state index < -0.39 is 5.60 Å². The second-order valence-electron chi connectivity index (χ2n) is 7.42. The standard InChI is InChI=1S/C16H32N2O4/c1-15(2,13-17-5-9-20-10-6-17)22-14(16(3,4)19)18-7-11-21-12-8-18/h14,19H,5-13H2,1-4H3. The number of hydrogen-bond acceptors (Lipinski definition) is 6. The van der Waals surface area contributed by atoms with Crippen molar-refractivity contribution in [1.29, 1.82) is 0 Å². The fourth-order valence-corrected chi connectivity index (χ4v) is 3.11. The number of ether oxygens (including phenoxy) is 3. The third-order valence-electron chi connectivity index (χ3n) is 4.12. The molecule has 2 fully saturated rings. The molecule has 22 heavy (non-hydrogen) atoms. The molecule has 2 rings (SSSR count). The molecule has 6 heteroatoms. The van der Waals surface area contributed by atoms with Crippen molar-refractivity contribution in [1.82, 2.24) is 9.80 Å². The van der Waals surface area contributed by atoms with Crippen LogP contribution >= 0.6 is 0 Å². The molecule has 1 N–H and O–H groups in total. The van der Waals surface area contributed by atoms with Gasteiger partial charge in [0.25, 0.3) is 0 Å². The van der Waals surface area contributed by atoms with Gasteiger partial charge < -0.3 is 19.3 Å². The molecule has 0 aromatic carbocycles. The van der Waals surface area contributed by atoms with E-state index in [1.807, 2.05) is 13.8 Å². The van der Waals surface area contributed by atoms with Crippen molar-refractivity contribution in [2.75, 3.05) is 59.2 Å². The van der Waals surface area contributed by atoms with Crippen molar-refractivity contribution in [3.05, 3.63) is 0 Å².